The minimum Gasteiger partial charge on any atom is -0.465 e. The zero-order valence-electron chi connectivity index (χ0n) is 11.2. The summed E-state index contributed by atoms with van der Waals surface area (Å²) in [6.45, 7) is 2.05. The van der Waals surface area contributed by atoms with E-state index in [1.807, 2.05) is 0 Å². The second kappa shape index (κ2) is 7.20. The predicted octanol–water partition coefficient (Wildman–Crippen LogP) is 1.60. The molecule has 1 rings (SSSR count). The third-order valence-electron chi connectivity index (χ3n) is 2.41. The summed E-state index contributed by atoms with van der Waals surface area (Å²) in [5.74, 6) is -0.858. The minimum absolute atomic E-state index is 0.314. The molecule has 1 N–H and O–H groups in total. The molecule has 5 heteroatoms. The van der Waals surface area contributed by atoms with Gasteiger partial charge in [-0.05, 0) is 24.6 Å². The van der Waals surface area contributed by atoms with Crippen LogP contribution in [-0.4, -0.2) is 32.7 Å². The zero-order chi connectivity index (χ0) is 14.3. The summed E-state index contributed by atoms with van der Waals surface area (Å²) in [6, 6.07) is 6.80. The molecule has 0 atom stereocenters. The molecule has 0 spiro atoms. The number of benzene rings is 1. The van der Waals surface area contributed by atoms with Gasteiger partial charge < -0.3 is 14.8 Å². The maximum absolute atomic E-state index is 11.4. The molecule has 0 saturated heterocycles. The molecule has 0 saturated carbocycles. The molecular weight excluding hydrogens is 246 g/mol. The number of methoxy groups -OCH3 is 1. The highest BCUT2D eigenvalue weighted by Gasteiger charge is 2.09. The number of carbonyl (C=O) groups is 2. The van der Waals surface area contributed by atoms with E-state index in [-0.39, 0.29) is 0 Å². The van der Waals surface area contributed by atoms with Crippen LogP contribution in [0.25, 0.3) is 5.70 Å². The molecule has 5 nitrogen and oxygen atoms in total. The summed E-state index contributed by atoms with van der Waals surface area (Å²) >= 11 is 0. The maximum atomic E-state index is 11.4. The van der Waals surface area contributed by atoms with E-state index in [1.165, 1.54) is 13.2 Å². The second-order valence-corrected chi connectivity index (χ2v) is 3.63. The van der Waals surface area contributed by atoms with Crippen LogP contribution in [0.15, 0.2) is 30.3 Å². The van der Waals surface area contributed by atoms with Gasteiger partial charge in [0.1, 0.15) is 0 Å². The van der Waals surface area contributed by atoms with Gasteiger partial charge in [-0.25, -0.2) is 9.59 Å². The van der Waals surface area contributed by atoms with Crippen molar-refractivity contribution in [1.29, 1.82) is 0 Å². The average Bonchev–Trinajstić information content (AvgIpc) is 2.44. The first kappa shape index (κ1) is 14.8. The first-order valence-electron chi connectivity index (χ1n) is 5.87. The average molecular weight is 263 g/mol. The Morgan fingerprint density at radius 3 is 2.58 bits per heavy atom. The Kier molecular flexibility index (Phi) is 5.60. The lowest BCUT2D eigenvalue weighted by molar-refractivity contribution is -0.137. The topological polar surface area (TPSA) is 64.6 Å². The molecular formula is C14H17NO4. The minimum atomic E-state index is -0.435. The highest BCUT2D eigenvalue weighted by molar-refractivity contribution is 5.93. The first-order valence-corrected chi connectivity index (χ1v) is 5.87. The lowest BCUT2D eigenvalue weighted by Gasteiger charge is -2.08. The SMILES string of the molecule is CCOC(=O)C=C(NC)c1cccc(C(=O)OC)c1. The van der Waals surface area contributed by atoms with E-state index in [9.17, 15) is 9.59 Å². The smallest absolute Gasteiger partial charge is 0.337 e. The molecule has 0 heterocycles. The number of nitrogens with one attached hydrogen (secondary N) is 1. The number of carbonyl (C=O) groups excluding carboxylic acids is 2. The summed E-state index contributed by atoms with van der Waals surface area (Å²) in [6.07, 6.45) is 1.35. The van der Waals surface area contributed by atoms with Gasteiger partial charge in [0.15, 0.2) is 0 Å². The standard InChI is InChI=1S/C14H17NO4/c1-4-19-13(16)9-12(15-2)10-6-5-7-11(8-10)14(17)18-3/h5-9,15H,4H2,1-3H3. The number of ether oxygens (including phenoxy) is 2. The zero-order valence-corrected chi connectivity index (χ0v) is 11.2. The van der Waals surface area contributed by atoms with E-state index < -0.39 is 11.9 Å². The van der Waals surface area contributed by atoms with Crippen LogP contribution in [-0.2, 0) is 14.3 Å². The van der Waals surface area contributed by atoms with Crippen molar-refractivity contribution >= 4 is 17.6 Å². The number of esters is 2. The number of rotatable bonds is 5. The van der Waals surface area contributed by atoms with Crippen molar-refractivity contribution in [2.45, 2.75) is 6.92 Å². The van der Waals surface area contributed by atoms with Crippen molar-refractivity contribution in [3.63, 3.8) is 0 Å². The first-order chi connectivity index (χ1) is 9.12. The fourth-order valence-corrected chi connectivity index (χ4v) is 1.53. The van der Waals surface area contributed by atoms with Crippen LogP contribution in [0.4, 0.5) is 0 Å². The molecule has 0 fully saturated rings. The van der Waals surface area contributed by atoms with Crippen LogP contribution in [0.5, 0.6) is 0 Å². The van der Waals surface area contributed by atoms with Crippen molar-refractivity contribution < 1.29 is 19.1 Å². The van der Waals surface area contributed by atoms with Gasteiger partial charge in [0, 0.05) is 18.8 Å². The monoisotopic (exact) mass is 263 g/mol. The summed E-state index contributed by atoms with van der Waals surface area (Å²) in [7, 11) is 3.01. The maximum Gasteiger partial charge on any atom is 0.337 e. The molecule has 0 unspecified atom stereocenters. The van der Waals surface area contributed by atoms with Crippen LogP contribution in [0.1, 0.15) is 22.8 Å². The van der Waals surface area contributed by atoms with E-state index in [0.717, 1.165) is 0 Å². The van der Waals surface area contributed by atoms with Gasteiger partial charge >= 0.3 is 11.9 Å². The Morgan fingerprint density at radius 2 is 2.00 bits per heavy atom. The van der Waals surface area contributed by atoms with Crippen LogP contribution >= 0.6 is 0 Å². The molecule has 0 aromatic heterocycles. The van der Waals surface area contributed by atoms with Crippen molar-refractivity contribution in [1.82, 2.24) is 5.32 Å². The molecule has 0 aliphatic rings. The van der Waals surface area contributed by atoms with Crippen molar-refractivity contribution in [3.8, 4) is 0 Å². The second-order valence-electron chi connectivity index (χ2n) is 3.63. The Bertz CT molecular complexity index is 494. The summed E-state index contributed by atoms with van der Waals surface area (Å²) in [5, 5.41) is 2.90. The third-order valence-corrected chi connectivity index (χ3v) is 2.41. The van der Waals surface area contributed by atoms with E-state index in [0.29, 0.717) is 23.4 Å². The Morgan fingerprint density at radius 1 is 1.32 bits per heavy atom. The molecule has 0 aliphatic carbocycles. The van der Waals surface area contributed by atoms with Crippen molar-refractivity contribution in [2.24, 2.45) is 0 Å². The van der Waals surface area contributed by atoms with Gasteiger partial charge in [-0.3, -0.25) is 0 Å². The quantitative estimate of drug-likeness (QED) is 0.645. The normalized spacial score (nSPS) is 10.8. The molecule has 0 radical (unpaired) electrons. The molecule has 102 valence electrons. The van der Waals surface area contributed by atoms with E-state index >= 15 is 0 Å². The predicted molar refractivity (Wildman–Crippen MR) is 71.5 cm³/mol. The third kappa shape index (κ3) is 4.13. The molecule has 19 heavy (non-hydrogen) atoms. The van der Waals surface area contributed by atoms with E-state index in [4.69, 9.17) is 4.74 Å². The van der Waals surface area contributed by atoms with Crippen LogP contribution < -0.4 is 5.32 Å². The van der Waals surface area contributed by atoms with Crippen LogP contribution in [0.3, 0.4) is 0 Å². The Labute approximate surface area is 112 Å². The summed E-state index contributed by atoms with van der Waals surface area (Å²) in [4.78, 5) is 22.9. The van der Waals surface area contributed by atoms with Gasteiger partial charge in [0.05, 0.1) is 19.3 Å². The van der Waals surface area contributed by atoms with Gasteiger partial charge in [0.25, 0.3) is 0 Å². The lowest BCUT2D eigenvalue weighted by Crippen LogP contribution is -2.10. The summed E-state index contributed by atoms with van der Waals surface area (Å²) in [5.41, 5.74) is 1.70. The molecule has 0 amide bonds. The van der Waals surface area contributed by atoms with Crippen molar-refractivity contribution in [3.05, 3.63) is 41.5 Å². The molecule has 0 bridgehead atoms. The van der Waals surface area contributed by atoms with Crippen LogP contribution in [0, 0.1) is 0 Å². The van der Waals surface area contributed by atoms with Gasteiger partial charge in [-0.2, -0.15) is 0 Å². The number of hydrogen-bond donors (Lipinski definition) is 1. The van der Waals surface area contributed by atoms with Crippen LogP contribution in [0.2, 0.25) is 0 Å². The summed E-state index contributed by atoms with van der Waals surface area (Å²) < 4.78 is 9.50. The van der Waals surface area contributed by atoms with E-state index in [1.54, 1.807) is 38.2 Å². The largest absolute Gasteiger partial charge is 0.465 e. The Hall–Kier alpha value is -2.30. The Balaban J connectivity index is 3.05. The molecule has 1 aromatic carbocycles. The molecule has 0 aliphatic heterocycles. The van der Waals surface area contributed by atoms with E-state index in [2.05, 4.69) is 10.1 Å². The molecule has 1 aromatic rings. The fourth-order valence-electron chi connectivity index (χ4n) is 1.53. The van der Waals surface area contributed by atoms with Gasteiger partial charge in [0.2, 0.25) is 0 Å². The highest BCUT2D eigenvalue weighted by atomic mass is 16.5. The van der Waals surface area contributed by atoms with Gasteiger partial charge in [-0.1, -0.05) is 12.1 Å². The fraction of sp³-hybridized carbons (Fsp3) is 0.286. The lowest BCUT2D eigenvalue weighted by atomic mass is 10.1. The van der Waals surface area contributed by atoms with Crippen molar-refractivity contribution in [2.75, 3.05) is 20.8 Å². The highest BCUT2D eigenvalue weighted by Crippen LogP contribution is 2.14. The van der Waals surface area contributed by atoms with Gasteiger partial charge in [-0.15, -0.1) is 0 Å². The number of hydrogen-bond acceptors (Lipinski definition) is 5.